The highest BCUT2D eigenvalue weighted by Gasteiger charge is 2.19. The first kappa shape index (κ1) is 13.5. The lowest BCUT2D eigenvalue weighted by Gasteiger charge is -2.26. The third kappa shape index (κ3) is 4.52. The van der Waals surface area contributed by atoms with Gasteiger partial charge in [0.05, 0.1) is 0 Å². The standard InChI is InChI=1S/C13H26N2O/c1-3-9-14-12(4-2)11-15-10-7-5-6-8-13(15)16/h12,14H,3-11H2,1-2H3. The number of carbonyl (C=O) groups is 1. The molecule has 1 aliphatic rings. The van der Waals surface area contributed by atoms with Crippen LogP contribution in [0.1, 0.15) is 52.4 Å². The predicted molar refractivity (Wildman–Crippen MR) is 67.4 cm³/mol. The fourth-order valence-corrected chi connectivity index (χ4v) is 2.18. The Labute approximate surface area is 99.6 Å². The summed E-state index contributed by atoms with van der Waals surface area (Å²) in [6.07, 6.45) is 6.48. The van der Waals surface area contributed by atoms with Crippen LogP contribution >= 0.6 is 0 Å². The minimum absolute atomic E-state index is 0.356. The van der Waals surface area contributed by atoms with Gasteiger partial charge in [0.1, 0.15) is 0 Å². The number of likely N-dealkylation sites (tertiary alicyclic amines) is 1. The Morgan fingerprint density at radius 2 is 2.12 bits per heavy atom. The van der Waals surface area contributed by atoms with E-state index in [1.165, 1.54) is 12.8 Å². The zero-order chi connectivity index (χ0) is 11.8. The summed E-state index contributed by atoms with van der Waals surface area (Å²) in [5, 5.41) is 3.51. The second kappa shape index (κ2) is 7.66. The van der Waals surface area contributed by atoms with Crippen molar-refractivity contribution in [2.45, 2.75) is 58.4 Å². The van der Waals surface area contributed by atoms with E-state index in [0.29, 0.717) is 11.9 Å². The van der Waals surface area contributed by atoms with Crippen LogP contribution in [0.4, 0.5) is 0 Å². The summed E-state index contributed by atoms with van der Waals surface area (Å²) < 4.78 is 0. The number of nitrogens with one attached hydrogen (secondary N) is 1. The highest BCUT2D eigenvalue weighted by Crippen LogP contribution is 2.12. The van der Waals surface area contributed by atoms with E-state index in [4.69, 9.17) is 0 Å². The number of rotatable bonds is 6. The Morgan fingerprint density at radius 3 is 2.81 bits per heavy atom. The van der Waals surface area contributed by atoms with Crippen LogP contribution in [0.5, 0.6) is 0 Å². The minimum atomic E-state index is 0.356. The van der Waals surface area contributed by atoms with Gasteiger partial charge in [-0.3, -0.25) is 4.79 Å². The van der Waals surface area contributed by atoms with Gasteiger partial charge in [0.2, 0.25) is 5.91 Å². The van der Waals surface area contributed by atoms with Crippen LogP contribution in [0, 0.1) is 0 Å². The molecule has 1 rings (SSSR count). The van der Waals surface area contributed by atoms with E-state index in [1.807, 2.05) is 0 Å². The van der Waals surface area contributed by atoms with E-state index >= 15 is 0 Å². The molecule has 1 saturated heterocycles. The van der Waals surface area contributed by atoms with E-state index in [1.54, 1.807) is 0 Å². The lowest BCUT2D eigenvalue weighted by atomic mass is 10.2. The maximum Gasteiger partial charge on any atom is 0.222 e. The molecule has 1 N–H and O–H groups in total. The molecule has 16 heavy (non-hydrogen) atoms. The van der Waals surface area contributed by atoms with Gasteiger partial charge in [-0.2, -0.15) is 0 Å². The first-order valence-electron chi connectivity index (χ1n) is 6.79. The quantitative estimate of drug-likeness (QED) is 0.753. The topological polar surface area (TPSA) is 32.3 Å². The largest absolute Gasteiger partial charge is 0.341 e. The molecule has 1 fully saturated rings. The summed E-state index contributed by atoms with van der Waals surface area (Å²) in [7, 11) is 0. The third-order valence-corrected chi connectivity index (χ3v) is 3.29. The Morgan fingerprint density at radius 1 is 1.31 bits per heavy atom. The molecule has 0 bridgehead atoms. The monoisotopic (exact) mass is 226 g/mol. The second-order valence-corrected chi connectivity index (χ2v) is 4.71. The molecule has 0 spiro atoms. The highest BCUT2D eigenvalue weighted by atomic mass is 16.2. The first-order valence-corrected chi connectivity index (χ1v) is 6.79. The highest BCUT2D eigenvalue weighted by molar-refractivity contribution is 5.76. The van der Waals surface area contributed by atoms with Gasteiger partial charge in [-0.1, -0.05) is 20.3 Å². The molecule has 0 aromatic heterocycles. The molecule has 94 valence electrons. The SMILES string of the molecule is CCCNC(CC)CN1CCCCCC1=O. The maximum atomic E-state index is 11.8. The molecule has 1 heterocycles. The Balaban J connectivity index is 2.38. The summed E-state index contributed by atoms with van der Waals surface area (Å²) in [6, 6.07) is 0.474. The predicted octanol–water partition coefficient (Wildman–Crippen LogP) is 2.17. The third-order valence-electron chi connectivity index (χ3n) is 3.29. The smallest absolute Gasteiger partial charge is 0.222 e. The summed E-state index contributed by atoms with van der Waals surface area (Å²) in [5.74, 6) is 0.356. The molecule has 0 saturated carbocycles. The summed E-state index contributed by atoms with van der Waals surface area (Å²) in [6.45, 7) is 7.28. The van der Waals surface area contributed by atoms with Crippen molar-refractivity contribution < 1.29 is 4.79 Å². The molecule has 0 aromatic carbocycles. The van der Waals surface area contributed by atoms with Crippen molar-refractivity contribution in [1.29, 1.82) is 0 Å². The fourth-order valence-electron chi connectivity index (χ4n) is 2.18. The van der Waals surface area contributed by atoms with E-state index in [0.717, 1.165) is 45.3 Å². The summed E-state index contributed by atoms with van der Waals surface area (Å²) >= 11 is 0. The number of hydrogen-bond acceptors (Lipinski definition) is 2. The molecule has 0 aliphatic carbocycles. The molecule has 1 amide bonds. The van der Waals surface area contributed by atoms with Gasteiger partial charge in [-0.15, -0.1) is 0 Å². The van der Waals surface area contributed by atoms with Crippen molar-refractivity contribution >= 4 is 5.91 Å². The van der Waals surface area contributed by atoms with Gasteiger partial charge in [-0.05, 0) is 32.2 Å². The van der Waals surface area contributed by atoms with Crippen LogP contribution in [0.15, 0.2) is 0 Å². The average molecular weight is 226 g/mol. The Kier molecular flexibility index (Phi) is 6.46. The fraction of sp³-hybridized carbons (Fsp3) is 0.923. The lowest BCUT2D eigenvalue weighted by Crippen LogP contribution is -2.43. The van der Waals surface area contributed by atoms with Crippen molar-refractivity contribution in [3.05, 3.63) is 0 Å². The molecule has 3 nitrogen and oxygen atoms in total. The molecule has 1 unspecified atom stereocenters. The van der Waals surface area contributed by atoms with E-state index in [-0.39, 0.29) is 0 Å². The van der Waals surface area contributed by atoms with Gasteiger partial charge < -0.3 is 10.2 Å². The van der Waals surface area contributed by atoms with Crippen molar-refractivity contribution in [3.63, 3.8) is 0 Å². The van der Waals surface area contributed by atoms with Crippen molar-refractivity contribution in [1.82, 2.24) is 10.2 Å². The lowest BCUT2D eigenvalue weighted by molar-refractivity contribution is -0.131. The minimum Gasteiger partial charge on any atom is -0.341 e. The van der Waals surface area contributed by atoms with E-state index < -0.39 is 0 Å². The van der Waals surface area contributed by atoms with Crippen LogP contribution in [0.25, 0.3) is 0 Å². The summed E-state index contributed by atoms with van der Waals surface area (Å²) in [5.41, 5.74) is 0. The molecule has 3 heteroatoms. The van der Waals surface area contributed by atoms with E-state index in [9.17, 15) is 4.79 Å². The van der Waals surface area contributed by atoms with Crippen LogP contribution in [-0.4, -0.2) is 36.5 Å². The maximum absolute atomic E-state index is 11.8. The van der Waals surface area contributed by atoms with Gasteiger partial charge >= 0.3 is 0 Å². The zero-order valence-electron chi connectivity index (χ0n) is 10.8. The van der Waals surface area contributed by atoms with Gasteiger partial charge in [0.25, 0.3) is 0 Å². The first-order chi connectivity index (χ1) is 7.77. The van der Waals surface area contributed by atoms with Crippen LogP contribution in [0.3, 0.4) is 0 Å². The Bertz CT molecular complexity index is 206. The van der Waals surface area contributed by atoms with Crippen LogP contribution in [0.2, 0.25) is 0 Å². The molecular weight excluding hydrogens is 200 g/mol. The summed E-state index contributed by atoms with van der Waals surface area (Å²) in [4.78, 5) is 13.9. The van der Waals surface area contributed by atoms with E-state index in [2.05, 4.69) is 24.1 Å². The van der Waals surface area contributed by atoms with Crippen LogP contribution in [-0.2, 0) is 4.79 Å². The van der Waals surface area contributed by atoms with Crippen molar-refractivity contribution in [3.8, 4) is 0 Å². The normalized spacial score (nSPS) is 19.6. The molecule has 0 radical (unpaired) electrons. The molecule has 1 atom stereocenters. The average Bonchev–Trinajstić information content (AvgIpc) is 2.50. The number of nitrogens with zero attached hydrogens (tertiary/aromatic N) is 1. The van der Waals surface area contributed by atoms with Crippen LogP contribution < -0.4 is 5.32 Å². The molecular formula is C13H26N2O. The number of amides is 1. The van der Waals surface area contributed by atoms with Gasteiger partial charge in [0.15, 0.2) is 0 Å². The molecule has 0 aromatic rings. The Hall–Kier alpha value is -0.570. The van der Waals surface area contributed by atoms with Crippen molar-refractivity contribution in [2.75, 3.05) is 19.6 Å². The number of carbonyl (C=O) groups excluding carboxylic acids is 1. The van der Waals surface area contributed by atoms with Crippen molar-refractivity contribution in [2.24, 2.45) is 0 Å². The second-order valence-electron chi connectivity index (χ2n) is 4.71. The zero-order valence-corrected chi connectivity index (χ0v) is 10.8. The van der Waals surface area contributed by atoms with Gasteiger partial charge in [0, 0.05) is 25.6 Å². The number of hydrogen-bond donors (Lipinski definition) is 1. The molecule has 1 aliphatic heterocycles. The van der Waals surface area contributed by atoms with Gasteiger partial charge in [-0.25, -0.2) is 0 Å².